The summed E-state index contributed by atoms with van der Waals surface area (Å²) in [6, 6.07) is 15.7. The molecule has 5 heteroatoms. The van der Waals surface area contributed by atoms with Crippen molar-refractivity contribution in [2.75, 3.05) is 12.3 Å². The van der Waals surface area contributed by atoms with E-state index in [1.807, 2.05) is 54.7 Å². The fourth-order valence-electron chi connectivity index (χ4n) is 2.41. The molecule has 118 valence electrons. The van der Waals surface area contributed by atoms with Crippen molar-refractivity contribution in [2.24, 2.45) is 0 Å². The van der Waals surface area contributed by atoms with E-state index < -0.39 is 0 Å². The molecule has 1 aromatic heterocycles. The van der Waals surface area contributed by atoms with Gasteiger partial charge in [0.15, 0.2) is 0 Å². The summed E-state index contributed by atoms with van der Waals surface area (Å²) >= 11 is 7.59. The average Bonchev–Trinajstić information content (AvgIpc) is 2.96. The molecule has 3 rings (SSSR count). The van der Waals surface area contributed by atoms with Crippen molar-refractivity contribution < 1.29 is 4.79 Å². The molecule has 23 heavy (non-hydrogen) atoms. The Kier molecular flexibility index (Phi) is 5.26. The predicted molar refractivity (Wildman–Crippen MR) is 97.2 cm³/mol. The van der Waals surface area contributed by atoms with E-state index in [2.05, 4.69) is 10.3 Å². The first-order valence-corrected chi connectivity index (χ1v) is 8.79. The van der Waals surface area contributed by atoms with Gasteiger partial charge in [0.25, 0.3) is 0 Å². The van der Waals surface area contributed by atoms with Gasteiger partial charge >= 0.3 is 0 Å². The second-order valence-corrected chi connectivity index (χ2v) is 6.69. The number of aromatic amines is 1. The topological polar surface area (TPSA) is 44.9 Å². The first-order valence-electron chi connectivity index (χ1n) is 7.42. The number of carbonyl (C=O) groups is 1. The van der Waals surface area contributed by atoms with Crippen LogP contribution in [0.15, 0.2) is 59.6 Å². The van der Waals surface area contributed by atoms with E-state index in [9.17, 15) is 4.79 Å². The largest absolute Gasteiger partial charge is 0.361 e. The van der Waals surface area contributed by atoms with Crippen LogP contribution in [0.5, 0.6) is 0 Å². The smallest absolute Gasteiger partial charge is 0.230 e. The minimum Gasteiger partial charge on any atom is -0.361 e. The van der Waals surface area contributed by atoms with Gasteiger partial charge in [-0.25, -0.2) is 0 Å². The third-order valence-corrected chi connectivity index (χ3v) is 4.81. The van der Waals surface area contributed by atoms with Gasteiger partial charge in [-0.1, -0.05) is 29.8 Å². The third-order valence-electron chi connectivity index (χ3n) is 3.56. The number of halogens is 1. The number of hydrogen-bond donors (Lipinski definition) is 2. The SMILES string of the molecule is O=C(CSc1ccccc1)NCCc1c[nH]c2ccc(Cl)cc12. The van der Waals surface area contributed by atoms with Crippen molar-refractivity contribution >= 4 is 40.2 Å². The van der Waals surface area contributed by atoms with E-state index in [4.69, 9.17) is 11.6 Å². The summed E-state index contributed by atoms with van der Waals surface area (Å²) in [5.74, 6) is 0.487. The summed E-state index contributed by atoms with van der Waals surface area (Å²) in [4.78, 5) is 16.2. The molecule has 0 spiro atoms. The van der Waals surface area contributed by atoms with Crippen LogP contribution in [0.2, 0.25) is 5.02 Å². The number of nitrogens with one attached hydrogen (secondary N) is 2. The Morgan fingerprint density at radius 3 is 2.83 bits per heavy atom. The van der Waals surface area contributed by atoms with Gasteiger partial charge in [0, 0.05) is 33.6 Å². The Morgan fingerprint density at radius 2 is 2.00 bits per heavy atom. The van der Waals surface area contributed by atoms with Crippen LogP contribution in [0.25, 0.3) is 10.9 Å². The number of aromatic nitrogens is 1. The van der Waals surface area contributed by atoms with Gasteiger partial charge in [-0.2, -0.15) is 0 Å². The molecule has 0 fully saturated rings. The van der Waals surface area contributed by atoms with E-state index in [1.54, 1.807) is 11.8 Å². The van der Waals surface area contributed by atoms with Gasteiger partial charge in [-0.3, -0.25) is 4.79 Å². The number of benzene rings is 2. The maximum atomic E-state index is 11.9. The van der Waals surface area contributed by atoms with Crippen molar-refractivity contribution in [3.63, 3.8) is 0 Å². The van der Waals surface area contributed by atoms with Crippen molar-refractivity contribution in [3.05, 3.63) is 65.3 Å². The van der Waals surface area contributed by atoms with E-state index >= 15 is 0 Å². The van der Waals surface area contributed by atoms with E-state index in [0.717, 1.165) is 27.2 Å². The molecule has 0 atom stereocenters. The summed E-state index contributed by atoms with van der Waals surface area (Å²) in [7, 11) is 0. The molecule has 1 amide bonds. The van der Waals surface area contributed by atoms with Crippen LogP contribution >= 0.6 is 23.4 Å². The molecule has 0 saturated carbocycles. The molecule has 0 unspecified atom stereocenters. The van der Waals surface area contributed by atoms with Crippen molar-refractivity contribution in [1.82, 2.24) is 10.3 Å². The molecule has 0 bridgehead atoms. The van der Waals surface area contributed by atoms with Gasteiger partial charge in [0.2, 0.25) is 5.91 Å². The molecule has 2 N–H and O–H groups in total. The van der Waals surface area contributed by atoms with E-state index in [1.165, 1.54) is 5.56 Å². The molecule has 2 aromatic carbocycles. The fraction of sp³-hybridized carbons (Fsp3) is 0.167. The van der Waals surface area contributed by atoms with E-state index in [-0.39, 0.29) is 5.91 Å². The van der Waals surface area contributed by atoms with Crippen LogP contribution < -0.4 is 5.32 Å². The monoisotopic (exact) mass is 344 g/mol. The highest BCUT2D eigenvalue weighted by Gasteiger charge is 2.06. The number of rotatable bonds is 6. The lowest BCUT2D eigenvalue weighted by Crippen LogP contribution is -2.27. The van der Waals surface area contributed by atoms with Gasteiger partial charge in [-0.05, 0) is 42.3 Å². The summed E-state index contributed by atoms with van der Waals surface area (Å²) in [5, 5.41) is 4.80. The zero-order valence-corrected chi connectivity index (χ0v) is 14.1. The Bertz CT molecular complexity index is 801. The van der Waals surface area contributed by atoms with Crippen LogP contribution in [-0.4, -0.2) is 23.2 Å². The van der Waals surface area contributed by atoms with Gasteiger partial charge in [0.05, 0.1) is 5.75 Å². The highest BCUT2D eigenvalue weighted by atomic mass is 35.5. The normalized spacial score (nSPS) is 10.8. The molecule has 0 aliphatic rings. The standard InChI is InChI=1S/C18H17ClN2OS/c19-14-6-7-17-16(10-14)13(11-21-17)8-9-20-18(22)12-23-15-4-2-1-3-5-15/h1-7,10-11,21H,8-9,12H2,(H,20,22). The van der Waals surface area contributed by atoms with Crippen LogP contribution in [0.1, 0.15) is 5.56 Å². The predicted octanol–water partition coefficient (Wildman–Crippen LogP) is 4.27. The van der Waals surface area contributed by atoms with Crippen molar-refractivity contribution in [2.45, 2.75) is 11.3 Å². The Hall–Kier alpha value is -1.91. The molecule has 0 saturated heterocycles. The summed E-state index contributed by atoms with van der Waals surface area (Å²) < 4.78 is 0. The van der Waals surface area contributed by atoms with Gasteiger partial charge in [-0.15, -0.1) is 11.8 Å². The molecule has 1 heterocycles. The molecular weight excluding hydrogens is 328 g/mol. The third kappa shape index (κ3) is 4.30. The highest BCUT2D eigenvalue weighted by Crippen LogP contribution is 2.22. The van der Waals surface area contributed by atoms with Gasteiger partial charge < -0.3 is 10.3 Å². The molecular formula is C18H17ClN2OS. The maximum absolute atomic E-state index is 11.9. The molecule has 0 aliphatic heterocycles. The van der Waals surface area contributed by atoms with Crippen LogP contribution in [0.4, 0.5) is 0 Å². The number of hydrogen-bond acceptors (Lipinski definition) is 2. The Labute approximate surface area is 144 Å². The van der Waals surface area contributed by atoms with Crippen LogP contribution in [-0.2, 0) is 11.2 Å². The van der Waals surface area contributed by atoms with Crippen molar-refractivity contribution in [1.29, 1.82) is 0 Å². The van der Waals surface area contributed by atoms with Crippen LogP contribution in [0, 0.1) is 0 Å². The molecule has 3 nitrogen and oxygen atoms in total. The number of thioether (sulfide) groups is 1. The molecule has 0 aliphatic carbocycles. The Balaban J connectivity index is 1.48. The first kappa shape index (κ1) is 16.0. The lowest BCUT2D eigenvalue weighted by Gasteiger charge is -2.05. The minimum absolute atomic E-state index is 0.0525. The number of H-pyrrole nitrogens is 1. The highest BCUT2D eigenvalue weighted by molar-refractivity contribution is 8.00. The summed E-state index contributed by atoms with van der Waals surface area (Å²) in [5.41, 5.74) is 2.23. The number of carbonyl (C=O) groups excluding carboxylic acids is 1. The van der Waals surface area contributed by atoms with Crippen LogP contribution in [0.3, 0.4) is 0 Å². The number of fused-ring (bicyclic) bond motifs is 1. The minimum atomic E-state index is 0.0525. The quantitative estimate of drug-likeness (QED) is 0.656. The van der Waals surface area contributed by atoms with E-state index in [0.29, 0.717) is 12.3 Å². The lowest BCUT2D eigenvalue weighted by molar-refractivity contribution is -0.118. The number of amides is 1. The Morgan fingerprint density at radius 1 is 1.17 bits per heavy atom. The summed E-state index contributed by atoms with van der Waals surface area (Å²) in [6.07, 6.45) is 2.76. The summed E-state index contributed by atoms with van der Waals surface area (Å²) in [6.45, 7) is 0.619. The fourth-order valence-corrected chi connectivity index (χ4v) is 3.33. The first-order chi connectivity index (χ1) is 11.2. The van der Waals surface area contributed by atoms with Gasteiger partial charge in [0.1, 0.15) is 0 Å². The second-order valence-electron chi connectivity index (χ2n) is 5.21. The van der Waals surface area contributed by atoms with Crippen molar-refractivity contribution in [3.8, 4) is 0 Å². The zero-order valence-electron chi connectivity index (χ0n) is 12.5. The second kappa shape index (κ2) is 7.57. The molecule has 0 radical (unpaired) electrons. The average molecular weight is 345 g/mol. The zero-order chi connectivity index (χ0) is 16.1. The molecule has 3 aromatic rings. The maximum Gasteiger partial charge on any atom is 0.230 e. The lowest BCUT2D eigenvalue weighted by atomic mass is 10.1.